The van der Waals surface area contributed by atoms with Gasteiger partial charge in [-0.2, -0.15) is 0 Å². The van der Waals surface area contributed by atoms with Crippen molar-refractivity contribution in [2.24, 2.45) is 0 Å². The van der Waals surface area contributed by atoms with Crippen molar-refractivity contribution in [1.29, 1.82) is 0 Å². The van der Waals surface area contributed by atoms with Crippen LogP contribution < -0.4 is 0 Å². The summed E-state index contributed by atoms with van der Waals surface area (Å²) >= 11 is 0.300. The second-order valence-electron chi connectivity index (χ2n) is 0.447. The van der Waals surface area contributed by atoms with Gasteiger partial charge in [0.2, 0.25) is 0 Å². The van der Waals surface area contributed by atoms with Crippen LogP contribution >= 0.6 is 0 Å². The molecule has 2 N–H and O–H groups in total. The van der Waals surface area contributed by atoms with Crippen LogP contribution in [-0.4, -0.2) is 45.9 Å². The first-order valence-corrected chi connectivity index (χ1v) is 2.50. The molecule has 0 bridgehead atoms. The number of hydrogen-bond donors (Lipinski definition) is 2. The minimum absolute atomic E-state index is 0.125. The van der Waals surface area contributed by atoms with E-state index in [2.05, 4.69) is 0 Å². The third-order valence-corrected chi connectivity index (χ3v) is 0.1000. The van der Waals surface area contributed by atoms with Gasteiger partial charge < -0.3 is 10.2 Å². The van der Waals surface area contributed by atoms with Crippen LogP contribution in [-0.2, 0) is 3.08 Å². The molecule has 0 saturated heterocycles. The van der Waals surface area contributed by atoms with Crippen molar-refractivity contribution in [3.8, 4) is 0 Å². The predicted molar refractivity (Wildman–Crippen MR) is 20.6 cm³/mol. The van der Waals surface area contributed by atoms with Gasteiger partial charge >= 0.3 is 25.6 Å². The molecular weight excluding hydrogens is 191 g/mol. The van der Waals surface area contributed by atoms with Crippen molar-refractivity contribution in [2.75, 3.05) is 13.2 Å². The van der Waals surface area contributed by atoms with Crippen LogP contribution in [0.4, 0.5) is 0 Å². The first-order valence-electron chi connectivity index (χ1n) is 1.34. The topological polar surface area (TPSA) is 57.5 Å². The summed E-state index contributed by atoms with van der Waals surface area (Å²) in [6, 6.07) is 0. The summed E-state index contributed by atoms with van der Waals surface area (Å²) in [5.74, 6) is 0. The monoisotopic (exact) mass is 198 g/mol. The third-order valence-electron chi connectivity index (χ3n) is 0.1000. The SMILES string of the molecule is OCCO.[O]=[Sn]. The molecule has 0 aliphatic rings. The summed E-state index contributed by atoms with van der Waals surface area (Å²) < 4.78 is 8.34. The van der Waals surface area contributed by atoms with E-state index >= 15 is 0 Å². The summed E-state index contributed by atoms with van der Waals surface area (Å²) in [4.78, 5) is 0. The van der Waals surface area contributed by atoms with E-state index in [-0.39, 0.29) is 13.2 Å². The van der Waals surface area contributed by atoms with E-state index in [1.807, 2.05) is 0 Å². The molecule has 0 spiro atoms. The van der Waals surface area contributed by atoms with Crippen LogP contribution in [0.2, 0.25) is 0 Å². The summed E-state index contributed by atoms with van der Waals surface area (Å²) in [7, 11) is 0. The molecule has 6 heavy (non-hydrogen) atoms. The van der Waals surface area contributed by atoms with Crippen LogP contribution in [0.15, 0.2) is 0 Å². The van der Waals surface area contributed by atoms with Crippen molar-refractivity contribution in [3.63, 3.8) is 0 Å². The number of rotatable bonds is 1. The molecule has 0 aromatic rings. The second-order valence-corrected chi connectivity index (χ2v) is 0.447. The summed E-state index contributed by atoms with van der Waals surface area (Å²) in [6.45, 7) is -0.250. The van der Waals surface area contributed by atoms with Crippen LogP contribution in [0.5, 0.6) is 0 Å². The molecule has 0 amide bonds. The fourth-order valence-electron chi connectivity index (χ4n) is 0. The third kappa shape index (κ3) is 24.3. The normalized spacial score (nSPS) is 5.67. The zero-order chi connectivity index (χ0) is 5.41. The van der Waals surface area contributed by atoms with Gasteiger partial charge in [-0.1, -0.05) is 0 Å². The van der Waals surface area contributed by atoms with Gasteiger partial charge in [-0.25, -0.2) is 0 Å². The predicted octanol–water partition coefficient (Wildman–Crippen LogP) is -1.53. The Morgan fingerprint density at radius 2 is 1.33 bits per heavy atom. The Balaban J connectivity index is 0. The van der Waals surface area contributed by atoms with E-state index in [1.54, 1.807) is 0 Å². The van der Waals surface area contributed by atoms with Gasteiger partial charge in [0, 0.05) is 0 Å². The fourth-order valence-corrected chi connectivity index (χ4v) is 0. The Bertz CT molecular complexity index is 16.3. The van der Waals surface area contributed by atoms with E-state index in [0.29, 0.717) is 22.5 Å². The van der Waals surface area contributed by atoms with E-state index in [1.165, 1.54) is 0 Å². The Hall–Kier alpha value is 0.519. The molecule has 0 rings (SSSR count). The molecule has 0 heterocycles. The Labute approximate surface area is 49.5 Å². The van der Waals surface area contributed by atoms with Crippen molar-refractivity contribution in [2.45, 2.75) is 0 Å². The minimum atomic E-state index is -0.125. The molecule has 0 aliphatic carbocycles. The first-order chi connectivity index (χ1) is 2.91. The molecule has 3 nitrogen and oxygen atoms in total. The van der Waals surface area contributed by atoms with Crippen molar-refractivity contribution < 1.29 is 13.3 Å². The molecule has 0 aromatic heterocycles. The Morgan fingerprint density at radius 3 is 1.33 bits per heavy atom. The molecule has 0 unspecified atom stereocenters. The maximum absolute atomic E-state index is 8.34. The summed E-state index contributed by atoms with van der Waals surface area (Å²) in [5, 5.41) is 15.2. The molecule has 2 radical (unpaired) electrons. The van der Waals surface area contributed by atoms with Gasteiger partial charge in [0.15, 0.2) is 0 Å². The van der Waals surface area contributed by atoms with Gasteiger partial charge in [-0.15, -0.1) is 0 Å². The molecule has 4 heteroatoms. The van der Waals surface area contributed by atoms with Gasteiger partial charge in [-0.3, -0.25) is 0 Å². The van der Waals surface area contributed by atoms with E-state index in [4.69, 9.17) is 13.3 Å². The summed E-state index contributed by atoms with van der Waals surface area (Å²) in [5.41, 5.74) is 0. The Morgan fingerprint density at radius 1 is 1.17 bits per heavy atom. The first kappa shape index (κ1) is 9.72. The molecular formula is C2H6O3Sn. The van der Waals surface area contributed by atoms with Crippen LogP contribution in [0, 0.1) is 0 Å². The van der Waals surface area contributed by atoms with Crippen molar-refractivity contribution in [3.05, 3.63) is 0 Å². The zero-order valence-electron chi connectivity index (χ0n) is 3.22. The molecule has 0 aromatic carbocycles. The second kappa shape index (κ2) is 17.8. The Kier molecular flexibility index (Phi) is 28.8. The van der Waals surface area contributed by atoms with E-state index < -0.39 is 0 Å². The molecule has 0 fully saturated rings. The zero-order valence-corrected chi connectivity index (χ0v) is 6.07. The van der Waals surface area contributed by atoms with Crippen molar-refractivity contribution >= 4 is 22.5 Å². The number of aliphatic hydroxyl groups excluding tert-OH is 2. The van der Waals surface area contributed by atoms with E-state index in [9.17, 15) is 0 Å². The van der Waals surface area contributed by atoms with Gasteiger partial charge in [0.25, 0.3) is 0 Å². The van der Waals surface area contributed by atoms with E-state index in [0.717, 1.165) is 0 Å². The van der Waals surface area contributed by atoms with Crippen LogP contribution in [0.25, 0.3) is 0 Å². The number of aliphatic hydroxyl groups is 2. The number of hydrogen-bond acceptors (Lipinski definition) is 3. The van der Waals surface area contributed by atoms with Gasteiger partial charge in [0.05, 0.1) is 13.2 Å². The van der Waals surface area contributed by atoms with Crippen LogP contribution in [0.3, 0.4) is 0 Å². The molecule has 0 aliphatic heterocycles. The average Bonchev–Trinajstić information content (AvgIpc) is 1.72. The molecule has 36 valence electrons. The quantitative estimate of drug-likeness (QED) is 0.501. The average molecular weight is 197 g/mol. The molecule has 0 atom stereocenters. The van der Waals surface area contributed by atoms with Gasteiger partial charge in [-0.05, 0) is 0 Å². The standard InChI is InChI=1S/C2H6O2.O.Sn/c3-1-2-4;;/h3-4H,1-2H2;;. The fraction of sp³-hybridized carbons (Fsp3) is 1.00. The van der Waals surface area contributed by atoms with Crippen molar-refractivity contribution in [1.82, 2.24) is 0 Å². The van der Waals surface area contributed by atoms with Crippen LogP contribution in [0.1, 0.15) is 0 Å². The van der Waals surface area contributed by atoms with Gasteiger partial charge in [0.1, 0.15) is 0 Å². The maximum atomic E-state index is 8.34. The summed E-state index contributed by atoms with van der Waals surface area (Å²) in [6.07, 6.45) is 0. The molecule has 0 saturated carbocycles.